The van der Waals surface area contributed by atoms with Gasteiger partial charge in [0.15, 0.2) is 0 Å². The molecule has 0 aliphatic heterocycles. The van der Waals surface area contributed by atoms with E-state index in [4.69, 9.17) is 5.73 Å². The summed E-state index contributed by atoms with van der Waals surface area (Å²) in [5.74, 6) is -2.50. The van der Waals surface area contributed by atoms with E-state index in [1.54, 1.807) is 13.8 Å². The number of nitrogens with two attached hydrogens (primary N) is 1. The Morgan fingerprint density at radius 2 is 2.00 bits per heavy atom. The van der Waals surface area contributed by atoms with Crippen molar-refractivity contribution in [1.82, 2.24) is 0 Å². The van der Waals surface area contributed by atoms with Crippen molar-refractivity contribution in [3.63, 3.8) is 0 Å². The molecule has 106 valence electrons. The quantitative estimate of drug-likeness (QED) is 0.826. The Bertz CT molecular complexity index is 471. The van der Waals surface area contributed by atoms with Crippen molar-refractivity contribution in [2.24, 2.45) is 5.92 Å². The minimum Gasteiger partial charge on any atom is -0.481 e. The van der Waals surface area contributed by atoms with Gasteiger partial charge in [0.05, 0.1) is 11.5 Å². The van der Waals surface area contributed by atoms with E-state index in [0.29, 0.717) is 6.42 Å². The first-order valence-corrected chi connectivity index (χ1v) is 5.87. The molecule has 0 amide bonds. The number of hydrogen-bond acceptors (Lipinski definition) is 2. The van der Waals surface area contributed by atoms with Crippen molar-refractivity contribution in [1.29, 1.82) is 0 Å². The number of alkyl halides is 3. The first kappa shape index (κ1) is 15.3. The molecule has 0 heterocycles. The fourth-order valence-electron chi connectivity index (χ4n) is 1.94. The number of rotatable bonds is 4. The van der Waals surface area contributed by atoms with Crippen LogP contribution < -0.4 is 5.73 Å². The normalized spacial score (nSPS) is 15.0. The summed E-state index contributed by atoms with van der Waals surface area (Å²) in [6, 6.07) is 2.80. The number of aliphatic carboxylic acids is 1. The standard InChI is InChI=1S/C13H16F3NO2/c1-3-7(2)11(12(18)19)9-6-8(13(14,15)16)4-5-10(9)17/h4-7,11H,3,17H2,1-2H3,(H,18,19). The van der Waals surface area contributed by atoms with E-state index in [0.717, 1.165) is 18.2 Å². The van der Waals surface area contributed by atoms with Gasteiger partial charge in [-0.1, -0.05) is 20.3 Å². The van der Waals surface area contributed by atoms with Gasteiger partial charge in [0, 0.05) is 5.69 Å². The number of carboxylic acids is 1. The second-order valence-electron chi connectivity index (χ2n) is 4.54. The predicted octanol–water partition coefficient (Wildman–Crippen LogP) is 3.50. The van der Waals surface area contributed by atoms with Crippen LogP contribution in [0.2, 0.25) is 0 Å². The molecular formula is C13H16F3NO2. The zero-order valence-corrected chi connectivity index (χ0v) is 10.7. The summed E-state index contributed by atoms with van der Waals surface area (Å²) in [5, 5.41) is 9.21. The smallest absolute Gasteiger partial charge is 0.416 e. The van der Waals surface area contributed by atoms with E-state index in [1.165, 1.54) is 0 Å². The van der Waals surface area contributed by atoms with Gasteiger partial charge in [-0.15, -0.1) is 0 Å². The van der Waals surface area contributed by atoms with Gasteiger partial charge in [0.25, 0.3) is 0 Å². The number of halogens is 3. The molecule has 2 unspecified atom stereocenters. The number of benzene rings is 1. The Morgan fingerprint density at radius 3 is 2.42 bits per heavy atom. The number of nitrogen functional groups attached to an aromatic ring is 1. The summed E-state index contributed by atoms with van der Waals surface area (Å²) in [7, 11) is 0. The van der Waals surface area contributed by atoms with E-state index < -0.39 is 23.6 Å². The molecule has 6 heteroatoms. The van der Waals surface area contributed by atoms with Crippen LogP contribution in [-0.2, 0) is 11.0 Å². The molecule has 1 aromatic rings. The number of carboxylic acid groups (broad SMARTS) is 1. The maximum Gasteiger partial charge on any atom is 0.416 e. The lowest BCUT2D eigenvalue weighted by atomic mass is 9.84. The molecule has 19 heavy (non-hydrogen) atoms. The second kappa shape index (κ2) is 5.50. The number of carbonyl (C=O) groups is 1. The molecule has 0 spiro atoms. The van der Waals surface area contributed by atoms with Gasteiger partial charge >= 0.3 is 12.1 Å². The van der Waals surface area contributed by atoms with E-state index >= 15 is 0 Å². The summed E-state index contributed by atoms with van der Waals surface area (Å²) in [5.41, 5.74) is 4.84. The highest BCUT2D eigenvalue weighted by atomic mass is 19.4. The van der Waals surface area contributed by atoms with Gasteiger partial charge < -0.3 is 10.8 Å². The fourth-order valence-corrected chi connectivity index (χ4v) is 1.94. The molecule has 3 nitrogen and oxygen atoms in total. The Labute approximate surface area is 109 Å². The minimum absolute atomic E-state index is 0.0247. The largest absolute Gasteiger partial charge is 0.481 e. The molecule has 3 N–H and O–H groups in total. The zero-order valence-electron chi connectivity index (χ0n) is 10.7. The summed E-state index contributed by atoms with van der Waals surface area (Å²) in [6.07, 6.45) is -3.98. The van der Waals surface area contributed by atoms with Gasteiger partial charge in [-0.3, -0.25) is 4.79 Å². The van der Waals surface area contributed by atoms with Crippen LogP contribution in [0, 0.1) is 5.92 Å². The third-order valence-corrected chi connectivity index (χ3v) is 3.23. The van der Waals surface area contributed by atoms with Crippen LogP contribution in [0.1, 0.15) is 37.3 Å². The molecule has 1 aromatic carbocycles. The Kier molecular flexibility index (Phi) is 4.44. The molecule has 0 saturated heterocycles. The minimum atomic E-state index is -4.51. The molecule has 1 rings (SSSR count). The van der Waals surface area contributed by atoms with Gasteiger partial charge in [0.2, 0.25) is 0 Å². The SMILES string of the molecule is CCC(C)C(C(=O)O)c1cc(C(F)(F)F)ccc1N. The lowest BCUT2D eigenvalue weighted by molar-refractivity contribution is -0.141. The Morgan fingerprint density at radius 1 is 1.42 bits per heavy atom. The van der Waals surface area contributed by atoms with Gasteiger partial charge in [-0.25, -0.2) is 0 Å². The molecular weight excluding hydrogens is 259 g/mol. The van der Waals surface area contributed by atoms with Gasteiger partial charge in [0.1, 0.15) is 0 Å². The molecule has 2 atom stereocenters. The van der Waals surface area contributed by atoms with Crippen LogP contribution in [0.15, 0.2) is 18.2 Å². The highest BCUT2D eigenvalue weighted by molar-refractivity contribution is 5.79. The summed E-state index contributed by atoms with van der Waals surface area (Å²) >= 11 is 0. The van der Waals surface area contributed by atoms with Crippen LogP contribution in [0.4, 0.5) is 18.9 Å². The Hall–Kier alpha value is -1.72. The zero-order chi connectivity index (χ0) is 14.8. The molecule has 0 aliphatic carbocycles. The van der Waals surface area contributed by atoms with Crippen LogP contribution in [0.25, 0.3) is 0 Å². The van der Waals surface area contributed by atoms with Crippen molar-refractivity contribution >= 4 is 11.7 Å². The van der Waals surface area contributed by atoms with E-state index in [1.807, 2.05) is 0 Å². The van der Waals surface area contributed by atoms with Crippen molar-refractivity contribution < 1.29 is 23.1 Å². The lowest BCUT2D eigenvalue weighted by Crippen LogP contribution is -2.21. The third-order valence-electron chi connectivity index (χ3n) is 3.23. The first-order chi connectivity index (χ1) is 8.68. The molecule has 0 fully saturated rings. The predicted molar refractivity (Wildman–Crippen MR) is 65.7 cm³/mol. The van der Waals surface area contributed by atoms with Crippen LogP contribution in [-0.4, -0.2) is 11.1 Å². The lowest BCUT2D eigenvalue weighted by Gasteiger charge is -2.21. The summed E-state index contributed by atoms with van der Waals surface area (Å²) < 4.78 is 38.0. The van der Waals surface area contributed by atoms with E-state index in [9.17, 15) is 23.1 Å². The highest BCUT2D eigenvalue weighted by Crippen LogP contribution is 2.36. The third kappa shape index (κ3) is 3.39. The molecule has 0 radical (unpaired) electrons. The fraction of sp³-hybridized carbons (Fsp3) is 0.462. The van der Waals surface area contributed by atoms with Crippen molar-refractivity contribution in [3.05, 3.63) is 29.3 Å². The van der Waals surface area contributed by atoms with E-state index in [2.05, 4.69) is 0 Å². The monoisotopic (exact) mass is 275 g/mol. The van der Waals surface area contributed by atoms with Crippen molar-refractivity contribution in [2.75, 3.05) is 5.73 Å². The second-order valence-corrected chi connectivity index (χ2v) is 4.54. The van der Waals surface area contributed by atoms with Gasteiger partial charge in [-0.2, -0.15) is 13.2 Å². The highest BCUT2D eigenvalue weighted by Gasteiger charge is 2.34. The topological polar surface area (TPSA) is 63.3 Å². The summed E-state index contributed by atoms with van der Waals surface area (Å²) in [4.78, 5) is 11.3. The maximum atomic E-state index is 12.7. The average molecular weight is 275 g/mol. The van der Waals surface area contributed by atoms with Crippen LogP contribution in [0.5, 0.6) is 0 Å². The number of anilines is 1. The molecule has 0 aliphatic rings. The van der Waals surface area contributed by atoms with Crippen molar-refractivity contribution in [2.45, 2.75) is 32.4 Å². The van der Waals surface area contributed by atoms with Crippen molar-refractivity contribution in [3.8, 4) is 0 Å². The molecule has 0 aromatic heterocycles. The average Bonchev–Trinajstić information content (AvgIpc) is 2.29. The Balaban J connectivity index is 3.34. The van der Waals surface area contributed by atoms with Crippen LogP contribution in [0.3, 0.4) is 0 Å². The van der Waals surface area contributed by atoms with Crippen LogP contribution >= 0.6 is 0 Å². The molecule has 0 bridgehead atoms. The van der Waals surface area contributed by atoms with Gasteiger partial charge in [-0.05, 0) is 29.7 Å². The number of hydrogen-bond donors (Lipinski definition) is 2. The maximum absolute atomic E-state index is 12.7. The first-order valence-electron chi connectivity index (χ1n) is 5.87. The summed E-state index contributed by atoms with van der Waals surface area (Å²) in [6.45, 7) is 3.46. The molecule has 0 saturated carbocycles. The van der Waals surface area contributed by atoms with E-state index in [-0.39, 0.29) is 17.2 Å².